The third kappa shape index (κ3) is 5.49. The summed E-state index contributed by atoms with van der Waals surface area (Å²) in [7, 11) is 1.53. The minimum Gasteiger partial charge on any atom is -0.493 e. The average Bonchev–Trinajstić information content (AvgIpc) is 3.15. The van der Waals surface area contributed by atoms with Crippen molar-refractivity contribution < 1.29 is 19.0 Å². The van der Waals surface area contributed by atoms with Crippen LogP contribution in [0.1, 0.15) is 31.0 Å². The van der Waals surface area contributed by atoms with E-state index in [1.807, 2.05) is 25.1 Å². The van der Waals surface area contributed by atoms with E-state index >= 15 is 0 Å². The van der Waals surface area contributed by atoms with Crippen molar-refractivity contribution in [2.75, 3.05) is 26.9 Å². The fraction of sp³-hybridized carbons (Fsp3) is 0.269. The van der Waals surface area contributed by atoms with Crippen molar-refractivity contribution in [1.29, 1.82) is 0 Å². The number of carbonyl (C=O) groups excluding carboxylic acids is 1. The second kappa shape index (κ2) is 11.6. The Bertz CT molecular complexity index is 1490. The number of allylic oxidation sites excluding steroid dienone is 1. The maximum atomic E-state index is 13.8. The van der Waals surface area contributed by atoms with Crippen molar-refractivity contribution in [3.8, 4) is 5.75 Å². The first-order valence-corrected chi connectivity index (χ1v) is 13.2. The number of benzene rings is 2. The van der Waals surface area contributed by atoms with Gasteiger partial charge in [0.25, 0.3) is 5.56 Å². The summed E-state index contributed by atoms with van der Waals surface area (Å²) in [6, 6.07) is 12.0. The van der Waals surface area contributed by atoms with Crippen LogP contribution in [0.15, 0.2) is 68.0 Å². The van der Waals surface area contributed by atoms with E-state index in [4.69, 9.17) is 25.8 Å². The molecule has 0 radical (unpaired) electrons. The molecule has 1 unspecified atom stereocenters. The lowest BCUT2D eigenvalue weighted by atomic mass is 9.96. The molecule has 36 heavy (non-hydrogen) atoms. The molecule has 0 aliphatic carbocycles. The summed E-state index contributed by atoms with van der Waals surface area (Å²) < 4.78 is 19.0. The molecule has 10 heteroatoms. The van der Waals surface area contributed by atoms with E-state index in [1.165, 1.54) is 23.0 Å². The molecule has 0 fully saturated rings. The second-order valence-corrected chi connectivity index (χ2v) is 10.2. The molecular formula is C26H24BrClN2O5S. The zero-order valence-electron chi connectivity index (χ0n) is 19.9. The summed E-state index contributed by atoms with van der Waals surface area (Å²) in [6.07, 6.45) is 1.79. The van der Waals surface area contributed by atoms with Crippen LogP contribution in [-0.2, 0) is 14.3 Å². The van der Waals surface area contributed by atoms with Gasteiger partial charge in [-0.2, -0.15) is 0 Å². The van der Waals surface area contributed by atoms with Gasteiger partial charge >= 0.3 is 5.97 Å². The highest BCUT2D eigenvalue weighted by Crippen LogP contribution is 2.31. The van der Waals surface area contributed by atoms with Crippen molar-refractivity contribution in [1.82, 2.24) is 4.57 Å². The highest BCUT2D eigenvalue weighted by Gasteiger charge is 2.33. The Morgan fingerprint density at radius 1 is 1.22 bits per heavy atom. The lowest BCUT2D eigenvalue weighted by Crippen LogP contribution is -2.40. The highest BCUT2D eigenvalue weighted by atomic mass is 79.9. The topological polar surface area (TPSA) is 79.1 Å². The normalized spacial score (nSPS) is 15.5. The van der Waals surface area contributed by atoms with Crippen LogP contribution in [0, 0.1) is 0 Å². The molecule has 4 rings (SSSR count). The molecule has 1 aliphatic heterocycles. The van der Waals surface area contributed by atoms with Crippen molar-refractivity contribution in [3.63, 3.8) is 0 Å². The molecule has 2 aromatic carbocycles. The smallest absolute Gasteiger partial charge is 0.338 e. The summed E-state index contributed by atoms with van der Waals surface area (Å²) in [4.78, 5) is 32.0. The number of carbonyl (C=O) groups is 1. The van der Waals surface area contributed by atoms with Crippen LogP contribution in [0.5, 0.6) is 5.75 Å². The van der Waals surface area contributed by atoms with Crippen molar-refractivity contribution in [2.24, 2.45) is 4.99 Å². The van der Waals surface area contributed by atoms with Crippen LogP contribution in [0.2, 0.25) is 5.02 Å². The number of hydrogen-bond donors (Lipinski definition) is 0. The Labute approximate surface area is 225 Å². The molecule has 1 atom stereocenters. The number of rotatable bonds is 8. The molecule has 1 aliphatic rings. The van der Waals surface area contributed by atoms with Crippen LogP contribution < -0.4 is 19.6 Å². The lowest BCUT2D eigenvalue weighted by Gasteiger charge is -2.24. The number of esters is 1. The van der Waals surface area contributed by atoms with E-state index in [-0.39, 0.29) is 18.8 Å². The first-order chi connectivity index (χ1) is 17.3. The Balaban J connectivity index is 1.90. The summed E-state index contributed by atoms with van der Waals surface area (Å²) in [5.41, 5.74) is 2.00. The summed E-state index contributed by atoms with van der Waals surface area (Å²) in [5.74, 6) is 0.118. The third-order valence-corrected chi connectivity index (χ3v) is 7.23. The molecule has 2 heterocycles. The van der Waals surface area contributed by atoms with Crippen LogP contribution >= 0.6 is 38.9 Å². The Morgan fingerprint density at radius 3 is 2.67 bits per heavy atom. The van der Waals surface area contributed by atoms with Crippen molar-refractivity contribution >= 4 is 50.9 Å². The first-order valence-electron chi connectivity index (χ1n) is 11.2. The number of hydrogen-bond acceptors (Lipinski definition) is 7. The molecule has 7 nitrogen and oxygen atoms in total. The van der Waals surface area contributed by atoms with Gasteiger partial charge < -0.3 is 14.2 Å². The predicted octanol–water partition coefficient (Wildman–Crippen LogP) is 4.24. The quantitative estimate of drug-likeness (QED) is 0.289. The van der Waals surface area contributed by atoms with Crippen LogP contribution in [-0.4, -0.2) is 37.5 Å². The van der Waals surface area contributed by atoms with E-state index < -0.39 is 12.0 Å². The number of fused-ring (bicyclic) bond motifs is 1. The fourth-order valence-corrected chi connectivity index (χ4v) is 5.44. The SMILES string of the molecule is CCOc1ccc(Br)cc1C=c1sc2n(c1=O)C(c1ccc(Cl)cc1)C(C(=O)OCCOC)=C(C)N=2. The molecule has 0 N–H and O–H groups in total. The predicted molar refractivity (Wildman–Crippen MR) is 143 cm³/mol. The number of nitrogens with zero attached hydrogens (tertiary/aromatic N) is 2. The molecule has 0 saturated carbocycles. The number of aromatic nitrogens is 1. The fourth-order valence-electron chi connectivity index (χ4n) is 3.90. The maximum Gasteiger partial charge on any atom is 0.338 e. The molecule has 0 bridgehead atoms. The molecule has 0 amide bonds. The van der Waals surface area contributed by atoms with Crippen LogP contribution in [0.3, 0.4) is 0 Å². The number of ether oxygens (including phenoxy) is 3. The molecule has 0 spiro atoms. The highest BCUT2D eigenvalue weighted by molar-refractivity contribution is 9.10. The number of halogens is 2. The Hall–Kier alpha value is -2.72. The zero-order valence-corrected chi connectivity index (χ0v) is 23.1. The lowest BCUT2D eigenvalue weighted by molar-refractivity contribution is -0.140. The second-order valence-electron chi connectivity index (χ2n) is 7.88. The zero-order chi connectivity index (χ0) is 25.8. The first kappa shape index (κ1) is 26.3. The van der Waals surface area contributed by atoms with Crippen molar-refractivity contribution in [2.45, 2.75) is 19.9 Å². The molecule has 1 aromatic heterocycles. The van der Waals surface area contributed by atoms with Gasteiger partial charge in [0.2, 0.25) is 0 Å². The standard InChI is InChI=1S/C26H24BrClN2O5S/c1-4-34-20-10-7-18(27)13-17(20)14-21-24(31)30-23(16-5-8-19(28)9-6-16)22(15(2)29-26(30)36-21)25(32)35-12-11-33-3/h5-10,13-14,23H,4,11-12H2,1-3H3. The minimum atomic E-state index is -0.718. The number of thiazole rings is 1. The van der Waals surface area contributed by atoms with Gasteiger partial charge in [-0.05, 0) is 55.8 Å². The van der Waals surface area contributed by atoms with E-state index in [2.05, 4.69) is 20.9 Å². The number of methoxy groups -OCH3 is 1. The summed E-state index contributed by atoms with van der Waals surface area (Å²) >= 11 is 10.9. The summed E-state index contributed by atoms with van der Waals surface area (Å²) in [6.45, 7) is 4.50. The van der Waals surface area contributed by atoms with Gasteiger partial charge in [-0.15, -0.1) is 0 Å². The average molecular weight is 592 g/mol. The third-order valence-electron chi connectivity index (χ3n) is 5.51. The van der Waals surface area contributed by atoms with Crippen LogP contribution in [0.25, 0.3) is 6.08 Å². The van der Waals surface area contributed by atoms with Gasteiger partial charge in [0.05, 0.1) is 35.1 Å². The minimum absolute atomic E-state index is 0.0902. The van der Waals surface area contributed by atoms with E-state index in [0.29, 0.717) is 38.0 Å². The van der Waals surface area contributed by atoms with Gasteiger partial charge in [0, 0.05) is 22.2 Å². The van der Waals surface area contributed by atoms with Gasteiger partial charge in [-0.1, -0.05) is 51.0 Å². The van der Waals surface area contributed by atoms with Gasteiger partial charge in [-0.3, -0.25) is 9.36 Å². The Kier molecular flexibility index (Phi) is 8.46. The van der Waals surface area contributed by atoms with Gasteiger partial charge in [0.15, 0.2) is 4.80 Å². The van der Waals surface area contributed by atoms with E-state index in [0.717, 1.165) is 15.6 Å². The molecular weight excluding hydrogens is 568 g/mol. The Morgan fingerprint density at radius 2 is 1.97 bits per heavy atom. The largest absolute Gasteiger partial charge is 0.493 e. The van der Waals surface area contributed by atoms with Crippen LogP contribution in [0.4, 0.5) is 0 Å². The molecule has 188 valence electrons. The van der Waals surface area contributed by atoms with E-state index in [9.17, 15) is 9.59 Å². The van der Waals surface area contributed by atoms with Gasteiger partial charge in [0.1, 0.15) is 12.4 Å². The van der Waals surface area contributed by atoms with Gasteiger partial charge in [-0.25, -0.2) is 9.79 Å². The summed E-state index contributed by atoms with van der Waals surface area (Å²) in [5, 5.41) is 0.550. The molecule has 3 aromatic rings. The van der Waals surface area contributed by atoms with E-state index in [1.54, 1.807) is 37.3 Å². The monoisotopic (exact) mass is 590 g/mol. The van der Waals surface area contributed by atoms with Crippen molar-refractivity contribution in [3.05, 3.63) is 94.0 Å². The molecule has 0 saturated heterocycles. The maximum absolute atomic E-state index is 13.8.